The van der Waals surface area contributed by atoms with E-state index in [1.807, 2.05) is 11.8 Å². The molecular weight excluding hydrogens is 400 g/mol. The van der Waals surface area contributed by atoms with Crippen LogP contribution in [0.25, 0.3) is 4.91 Å². The normalized spacial score (nSPS) is 19.5. The van der Waals surface area contributed by atoms with Crippen LogP contribution in [0.15, 0.2) is 34.2 Å². The van der Waals surface area contributed by atoms with Crippen LogP contribution in [0.2, 0.25) is 5.02 Å². The van der Waals surface area contributed by atoms with E-state index in [4.69, 9.17) is 11.6 Å². The van der Waals surface area contributed by atoms with Crippen molar-refractivity contribution in [2.45, 2.75) is 26.7 Å². The van der Waals surface area contributed by atoms with Crippen LogP contribution in [0.3, 0.4) is 0 Å². The molecule has 1 aromatic rings. The van der Waals surface area contributed by atoms with Gasteiger partial charge >= 0.3 is 6.03 Å². The summed E-state index contributed by atoms with van der Waals surface area (Å²) < 4.78 is 29.5. The Bertz CT molecular complexity index is 927. The molecule has 2 aliphatic heterocycles. The maximum absolute atomic E-state index is 12.7. The largest absolute Gasteiger partial charge is 0.354 e. The number of amides is 2. The smallest absolute Gasteiger partial charge is 0.317 e. The van der Waals surface area contributed by atoms with Crippen molar-refractivity contribution in [1.29, 1.82) is 0 Å². The summed E-state index contributed by atoms with van der Waals surface area (Å²) in [5, 5.41) is 3.37. The minimum Gasteiger partial charge on any atom is -0.354 e. The predicted octanol–water partition coefficient (Wildman–Crippen LogP) is 2.94. The molecule has 1 aromatic carbocycles. The second kappa shape index (κ2) is 8.53. The summed E-state index contributed by atoms with van der Waals surface area (Å²) >= 11 is 6.04. The third kappa shape index (κ3) is 4.33. The average molecular weight is 425 g/mol. The summed E-state index contributed by atoms with van der Waals surface area (Å²) in [7, 11) is -3.78. The summed E-state index contributed by atoms with van der Waals surface area (Å²) in [5.41, 5.74) is 1.16. The Kier molecular flexibility index (Phi) is 6.30. The van der Waals surface area contributed by atoms with Gasteiger partial charge in [-0.3, -0.25) is 0 Å². The SMILES string of the molecule is CCCNC(=O)N1CCCN(C2=NS(=O)(=O)C(c3cccc(Cl)c3)=C2C)CC1. The maximum Gasteiger partial charge on any atom is 0.317 e. The molecule has 1 fully saturated rings. The Labute approximate surface area is 171 Å². The summed E-state index contributed by atoms with van der Waals surface area (Å²) in [6.07, 6.45) is 1.63. The minimum atomic E-state index is -3.78. The van der Waals surface area contributed by atoms with E-state index >= 15 is 0 Å². The highest BCUT2D eigenvalue weighted by molar-refractivity contribution is 8.00. The maximum atomic E-state index is 12.7. The van der Waals surface area contributed by atoms with Gasteiger partial charge in [-0.15, -0.1) is 4.40 Å². The van der Waals surface area contributed by atoms with Crippen LogP contribution in [0, 0.1) is 0 Å². The lowest BCUT2D eigenvalue weighted by Crippen LogP contribution is -2.42. The fourth-order valence-electron chi connectivity index (χ4n) is 3.49. The van der Waals surface area contributed by atoms with Crippen molar-refractivity contribution in [3.8, 4) is 0 Å². The van der Waals surface area contributed by atoms with Crippen LogP contribution in [-0.4, -0.2) is 62.8 Å². The van der Waals surface area contributed by atoms with Crippen molar-refractivity contribution in [3.63, 3.8) is 0 Å². The number of halogens is 1. The summed E-state index contributed by atoms with van der Waals surface area (Å²) in [6.45, 7) is 6.77. The first-order valence-electron chi connectivity index (χ1n) is 9.43. The molecular formula is C19H25ClN4O3S. The fourth-order valence-corrected chi connectivity index (χ4v) is 5.15. The van der Waals surface area contributed by atoms with Crippen molar-refractivity contribution < 1.29 is 13.2 Å². The standard InChI is InChI=1S/C19H25ClN4O3S/c1-3-8-21-19(25)24-10-5-9-23(11-12-24)18-14(2)17(28(26,27)22-18)15-6-4-7-16(20)13-15/h4,6-7,13H,3,5,8-12H2,1-2H3,(H,21,25). The molecule has 3 rings (SSSR count). The van der Waals surface area contributed by atoms with E-state index in [0.29, 0.717) is 54.7 Å². The molecule has 1 saturated heterocycles. The van der Waals surface area contributed by atoms with Crippen LogP contribution in [0.5, 0.6) is 0 Å². The van der Waals surface area contributed by atoms with E-state index in [1.165, 1.54) is 0 Å². The Hall–Kier alpha value is -2.06. The molecule has 2 heterocycles. The molecule has 0 spiro atoms. The molecule has 0 atom stereocenters. The van der Waals surface area contributed by atoms with E-state index in [0.717, 1.165) is 12.8 Å². The van der Waals surface area contributed by atoms with Gasteiger partial charge in [-0.05, 0) is 37.5 Å². The van der Waals surface area contributed by atoms with Gasteiger partial charge in [0.05, 0.1) is 0 Å². The minimum absolute atomic E-state index is 0.0726. The Morgan fingerprint density at radius 3 is 2.75 bits per heavy atom. The first kappa shape index (κ1) is 20.7. The molecule has 0 saturated carbocycles. The van der Waals surface area contributed by atoms with Gasteiger partial charge in [0.25, 0.3) is 10.0 Å². The first-order chi connectivity index (χ1) is 13.3. The van der Waals surface area contributed by atoms with E-state index in [1.54, 1.807) is 36.1 Å². The molecule has 9 heteroatoms. The van der Waals surface area contributed by atoms with E-state index < -0.39 is 10.0 Å². The zero-order chi connectivity index (χ0) is 20.3. The number of rotatable bonds is 3. The summed E-state index contributed by atoms with van der Waals surface area (Å²) in [4.78, 5) is 16.2. The second-order valence-corrected chi connectivity index (χ2v) is 8.89. The van der Waals surface area contributed by atoms with Gasteiger partial charge in [-0.25, -0.2) is 4.79 Å². The van der Waals surface area contributed by atoms with Gasteiger partial charge in [0, 0.05) is 43.3 Å². The van der Waals surface area contributed by atoms with Gasteiger partial charge in [-0.2, -0.15) is 8.42 Å². The highest BCUT2D eigenvalue weighted by Gasteiger charge is 2.34. The molecule has 0 unspecified atom stereocenters. The molecule has 2 aliphatic rings. The zero-order valence-electron chi connectivity index (χ0n) is 16.1. The molecule has 0 aliphatic carbocycles. The van der Waals surface area contributed by atoms with Crippen molar-refractivity contribution in [3.05, 3.63) is 40.4 Å². The topological polar surface area (TPSA) is 82.1 Å². The number of hydrogen-bond donors (Lipinski definition) is 1. The van der Waals surface area contributed by atoms with Crippen LogP contribution >= 0.6 is 11.6 Å². The van der Waals surface area contributed by atoms with Gasteiger partial charge in [0.15, 0.2) is 0 Å². The Morgan fingerprint density at radius 1 is 1.25 bits per heavy atom. The van der Waals surface area contributed by atoms with Gasteiger partial charge in [-0.1, -0.05) is 30.7 Å². The lowest BCUT2D eigenvalue weighted by Gasteiger charge is -2.24. The van der Waals surface area contributed by atoms with Crippen molar-refractivity contribution >= 4 is 38.4 Å². The predicted molar refractivity (Wildman–Crippen MR) is 112 cm³/mol. The Balaban J connectivity index is 1.81. The average Bonchev–Trinajstić information content (AvgIpc) is 2.81. The second-order valence-electron chi connectivity index (χ2n) is 6.91. The summed E-state index contributed by atoms with van der Waals surface area (Å²) in [6, 6.07) is 6.72. The fraction of sp³-hybridized carbons (Fsp3) is 0.474. The van der Waals surface area contributed by atoms with E-state index in [-0.39, 0.29) is 10.9 Å². The molecule has 7 nitrogen and oxygen atoms in total. The van der Waals surface area contributed by atoms with Gasteiger partial charge < -0.3 is 15.1 Å². The highest BCUT2D eigenvalue weighted by Crippen LogP contribution is 2.34. The number of hydrogen-bond acceptors (Lipinski definition) is 4. The molecule has 0 radical (unpaired) electrons. The lowest BCUT2D eigenvalue weighted by atomic mass is 10.1. The molecule has 1 N–H and O–H groups in total. The van der Waals surface area contributed by atoms with Crippen LogP contribution in [-0.2, 0) is 10.0 Å². The number of urea groups is 1. The van der Waals surface area contributed by atoms with E-state index in [9.17, 15) is 13.2 Å². The lowest BCUT2D eigenvalue weighted by molar-refractivity contribution is 0.200. The third-order valence-corrected chi connectivity index (χ3v) is 6.54. The third-order valence-electron chi connectivity index (χ3n) is 4.84. The van der Waals surface area contributed by atoms with Gasteiger partial charge in [0.1, 0.15) is 10.7 Å². The molecule has 0 bridgehead atoms. The number of amidine groups is 1. The molecule has 152 valence electrons. The molecule has 2 amide bonds. The van der Waals surface area contributed by atoms with Crippen LogP contribution in [0.1, 0.15) is 32.3 Å². The summed E-state index contributed by atoms with van der Waals surface area (Å²) in [5.74, 6) is 0.464. The number of carbonyl (C=O) groups is 1. The van der Waals surface area contributed by atoms with Crippen molar-refractivity contribution in [2.75, 3.05) is 32.7 Å². The number of nitrogens with zero attached hydrogens (tertiary/aromatic N) is 3. The number of benzene rings is 1. The van der Waals surface area contributed by atoms with E-state index in [2.05, 4.69) is 9.71 Å². The highest BCUT2D eigenvalue weighted by atomic mass is 35.5. The van der Waals surface area contributed by atoms with Crippen molar-refractivity contribution in [2.24, 2.45) is 4.40 Å². The monoisotopic (exact) mass is 424 g/mol. The molecule has 28 heavy (non-hydrogen) atoms. The van der Waals surface area contributed by atoms with Gasteiger partial charge in [0.2, 0.25) is 0 Å². The zero-order valence-corrected chi connectivity index (χ0v) is 17.7. The Morgan fingerprint density at radius 2 is 2.04 bits per heavy atom. The number of sulfonamides is 1. The first-order valence-corrected chi connectivity index (χ1v) is 11.2. The number of nitrogens with one attached hydrogen (secondary N) is 1. The van der Waals surface area contributed by atoms with Crippen LogP contribution < -0.4 is 5.32 Å². The quantitative estimate of drug-likeness (QED) is 0.808. The van der Waals surface area contributed by atoms with Crippen molar-refractivity contribution in [1.82, 2.24) is 15.1 Å². The van der Waals surface area contributed by atoms with Crippen LogP contribution in [0.4, 0.5) is 4.79 Å². The number of carbonyl (C=O) groups excluding carboxylic acids is 1. The molecule has 0 aromatic heterocycles.